The van der Waals surface area contributed by atoms with E-state index in [9.17, 15) is 9.90 Å². The van der Waals surface area contributed by atoms with Gasteiger partial charge in [0, 0.05) is 18.5 Å². The molecule has 0 saturated heterocycles. The molecule has 4 N–H and O–H groups in total. The zero-order chi connectivity index (χ0) is 12.7. The highest BCUT2D eigenvalue weighted by atomic mass is 16.3. The van der Waals surface area contributed by atoms with Crippen LogP contribution in [0.3, 0.4) is 0 Å². The molecule has 1 aliphatic carbocycles. The van der Waals surface area contributed by atoms with E-state index in [0.717, 1.165) is 0 Å². The molecule has 16 heavy (non-hydrogen) atoms. The van der Waals surface area contributed by atoms with Crippen LogP contribution >= 0.6 is 0 Å². The average Bonchev–Trinajstić information content (AvgIpc) is 2.53. The Bertz CT molecular complexity index is 271. The number of nitrogens with one attached hydrogen (secondary N) is 1. The van der Waals surface area contributed by atoms with E-state index in [1.54, 1.807) is 6.92 Å². The van der Waals surface area contributed by atoms with Gasteiger partial charge in [0.2, 0.25) is 5.91 Å². The quantitative estimate of drug-likeness (QED) is 0.655. The average molecular weight is 228 g/mol. The minimum absolute atomic E-state index is 0.0428. The fourth-order valence-corrected chi connectivity index (χ4v) is 2.34. The van der Waals surface area contributed by atoms with Crippen molar-refractivity contribution in [3.63, 3.8) is 0 Å². The topological polar surface area (TPSA) is 75.3 Å². The van der Waals surface area contributed by atoms with E-state index >= 15 is 0 Å². The number of rotatable bonds is 4. The molecule has 0 heterocycles. The van der Waals surface area contributed by atoms with Gasteiger partial charge in [-0.3, -0.25) is 4.79 Å². The number of carbonyl (C=O) groups is 1. The van der Waals surface area contributed by atoms with Gasteiger partial charge in [-0.1, -0.05) is 27.7 Å². The molecule has 1 saturated carbocycles. The van der Waals surface area contributed by atoms with Crippen LogP contribution < -0.4 is 11.1 Å². The van der Waals surface area contributed by atoms with Gasteiger partial charge in [0.25, 0.3) is 0 Å². The van der Waals surface area contributed by atoms with Crippen LogP contribution in [0.2, 0.25) is 0 Å². The summed E-state index contributed by atoms with van der Waals surface area (Å²) in [5, 5.41) is 12.0. The molecule has 1 aliphatic rings. The lowest BCUT2D eigenvalue weighted by Gasteiger charge is -2.15. The summed E-state index contributed by atoms with van der Waals surface area (Å²) in [5.74, 6) is 0.0901. The Hall–Kier alpha value is -0.610. The molecule has 1 rings (SSSR count). The zero-order valence-corrected chi connectivity index (χ0v) is 10.9. The molecule has 94 valence electrons. The number of aliphatic hydroxyl groups is 1. The van der Waals surface area contributed by atoms with Crippen LogP contribution in [0.25, 0.3) is 0 Å². The number of nitrogens with two attached hydrogens (primary N) is 1. The Morgan fingerprint density at radius 2 is 1.81 bits per heavy atom. The predicted octanol–water partition coefficient (Wildman–Crippen LogP) is 0.493. The van der Waals surface area contributed by atoms with E-state index in [0.29, 0.717) is 6.54 Å². The SMILES string of the molecule is CC(O)C(N)CNC(=O)C1C(C)(C)C1(C)C. The van der Waals surface area contributed by atoms with Crippen LogP contribution in [0, 0.1) is 16.7 Å². The number of carbonyl (C=O) groups excluding carboxylic acids is 1. The maximum absolute atomic E-state index is 11.9. The second-order valence-electron chi connectivity index (χ2n) is 6.03. The first-order chi connectivity index (χ1) is 7.12. The lowest BCUT2D eigenvalue weighted by molar-refractivity contribution is -0.123. The van der Waals surface area contributed by atoms with Gasteiger partial charge in [-0.2, -0.15) is 0 Å². The van der Waals surface area contributed by atoms with Gasteiger partial charge in [-0.25, -0.2) is 0 Å². The zero-order valence-electron chi connectivity index (χ0n) is 10.9. The highest BCUT2D eigenvalue weighted by Crippen LogP contribution is 2.68. The van der Waals surface area contributed by atoms with E-state index in [1.807, 2.05) is 0 Å². The lowest BCUT2D eigenvalue weighted by Crippen LogP contribution is -2.44. The highest BCUT2D eigenvalue weighted by Gasteiger charge is 2.68. The van der Waals surface area contributed by atoms with Crippen molar-refractivity contribution in [1.29, 1.82) is 0 Å². The van der Waals surface area contributed by atoms with Crippen LogP contribution in [0.5, 0.6) is 0 Å². The molecule has 4 heteroatoms. The van der Waals surface area contributed by atoms with E-state index in [4.69, 9.17) is 5.73 Å². The monoisotopic (exact) mass is 228 g/mol. The molecule has 1 amide bonds. The molecule has 0 spiro atoms. The lowest BCUT2D eigenvalue weighted by atomic mass is 10.0. The Labute approximate surface area is 97.6 Å². The van der Waals surface area contributed by atoms with Crippen LogP contribution in [0.1, 0.15) is 34.6 Å². The Balaban J connectivity index is 2.45. The number of aliphatic hydroxyl groups excluding tert-OH is 1. The first-order valence-electron chi connectivity index (χ1n) is 5.83. The van der Waals surface area contributed by atoms with E-state index in [1.165, 1.54) is 0 Å². The fraction of sp³-hybridized carbons (Fsp3) is 0.917. The second-order valence-corrected chi connectivity index (χ2v) is 6.03. The molecule has 2 unspecified atom stereocenters. The summed E-state index contributed by atoms with van der Waals surface area (Å²) in [6.45, 7) is 10.4. The molecule has 0 bridgehead atoms. The highest BCUT2D eigenvalue weighted by molar-refractivity contribution is 5.84. The van der Waals surface area contributed by atoms with Crippen molar-refractivity contribution in [2.45, 2.75) is 46.8 Å². The first-order valence-corrected chi connectivity index (χ1v) is 5.83. The van der Waals surface area contributed by atoms with Gasteiger partial charge in [-0.05, 0) is 17.8 Å². The molecule has 0 aromatic rings. The van der Waals surface area contributed by atoms with Crippen molar-refractivity contribution in [3.8, 4) is 0 Å². The van der Waals surface area contributed by atoms with Gasteiger partial charge in [0.1, 0.15) is 0 Å². The molecule has 0 radical (unpaired) electrons. The second kappa shape index (κ2) is 4.00. The summed E-state index contributed by atoms with van der Waals surface area (Å²) in [7, 11) is 0. The Kier molecular flexibility index (Phi) is 3.37. The van der Waals surface area contributed by atoms with Crippen LogP contribution in [0.15, 0.2) is 0 Å². The largest absolute Gasteiger partial charge is 0.392 e. The standard InChI is InChI=1S/C12H24N2O2/c1-7(15)8(13)6-14-10(16)9-11(2,3)12(9,4)5/h7-9,15H,6,13H2,1-5H3,(H,14,16). The Morgan fingerprint density at radius 3 is 2.12 bits per heavy atom. The van der Waals surface area contributed by atoms with E-state index in [-0.39, 0.29) is 22.7 Å². The summed E-state index contributed by atoms with van der Waals surface area (Å²) in [5.41, 5.74) is 5.75. The minimum Gasteiger partial charge on any atom is -0.392 e. The molecule has 0 aliphatic heterocycles. The molecule has 1 fully saturated rings. The summed E-state index contributed by atoms with van der Waals surface area (Å²) in [6.07, 6.45) is -0.597. The van der Waals surface area contributed by atoms with Gasteiger partial charge in [0.15, 0.2) is 0 Å². The van der Waals surface area contributed by atoms with Crippen LogP contribution in [-0.2, 0) is 4.79 Å². The normalized spacial score (nSPS) is 25.9. The smallest absolute Gasteiger partial charge is 0.224 e. The summed E-state index contributed by atoms with van der Waals surface area (Å²) < 4.78 is 0. The molecule has 0 aromatic carbocycles. The fourth-order valence-electron chi connectivity index (χ4n) is 2.34. The third kappa shape index (κ3) is 2.09. The molecular formula is C12H24N2O2. The van der Waals surface area contributed by atoms with Crippen molar-refractivity contribution < 1.29 is 9.90 Å². The van der Waals surface area contributed by atoms with Crippen molar-refractivity contribution in [2.24, 2.45) is 22.5 Å². The third-order valence-electron chi connectivity index (χ3n) is 4.41. The van der Waals surface area contributed by atoms with Crippen LogP contribution in [-0.4, -0.2) is 29.7 Å². The Morgan fingerprint density at radius 1 is 1.38 bits per heavy atom. The molecule has 4 nitrogen and oxygen atoms in total. The third-order valence-corrected chi connectivity index (χ3v) is 4.41. The summed E-state index contributed by atoms with van der Waals surface area (Å²) in [6, 6.07) is -0.395. The van der Waals surface area contributed by atoms with Gasteiger partial charge in [0.05, 0.1) is 6.10 Å². The molecular weight excluding hydrogens is 204 g/mol. The molecule has 0 aromatic heterocycles. The van der Waals surface area contributed by atoms with E-state index in [2.05, 4.69) is 33.0 Å². The number of amides is 1. The minimum atomic E-state index is -0.597. The summed E-state index contributed by atoms with van der Waals surface area (Å²) >= 11 is 0. The van der Waals surface area contributed by atoms with Crippen molar-refractivity contribution in [2.75, 3.05) is 6.54 Å². The van der Waals surface area contributed by atoms with Crippen molar-refractivity contribution >= 4 is 5.91 Å². The maximum Gasteiger partial charge on any atom is 0.224 e. The summed E-state index contributed by atoms with van der Waals surface area (Å²) in [4.78, 5) is 11.9. The molecule has 2 atom stereocenters. The predicted molar refractivity (Wildman–Crippen MR) is 63.7 cm³/mol. The van der Waals surface area contributed by atoms with E-state index < -0.39 is 12.1 Å². The van der Waals surface area contributed by atoms with Crippen molar-refractivity contribution in [1.82, 2.24) is 5.32 Å². The van der Waals surface area contributed by atoms with Crippen molar-refractivity contribution in [3.05, 3.63) is 0 Å². The van der Waals surface area contributed by atoms with Gasteiger partial charge in [-0.15, -0.1) is 0 Å². The number of hydrogen-bond acceptors (Lipinski definition) is 3. The number of hydrogen-bond donors (Lipinski definition) is 3. The van der Waals surface area contributed by atoms with Gasteiger partial charge >= 0.3 is 0 Å². The first kappa shape index (κ1) is 13.5. The van der Waals surface area contributed by atoms with Crippen LogP contribution in [0.4, 0.5) is 0 Å². The van der Waals surface area contributed by atoms with Gasteiger partial charge < -0.3 is 16.2 Å². The maximum atomic E-state index is 11.9.